The van der Waals surface area contributed by atoms with Gasteiger partial charge in [0.2, 0.25) is 5.91 Å². The van der Waals surface area contributed by atoms with Crippen LogP contribution in [-0.2, 0) is 16.0 Å². The number of nitrogens with zero attached hydrogens (tertiary/aromatic N) is 1. The Morgan fingerprint density at radius 1 is 1.19 bits per heavy atom. The third-order valence-electron chi connectivity index (χ3n) is 5.01. The van der Waals surface area contributed by atoms with E-state index in [-0.39, 0.29) is 23.8 Å². The number of fused-ring (bicyclic) bond motifs is 1. The van der Waals surface area contributed by atoms with Gasteiger partial charge in [0, 0.05) is 12.5 Å². The largest absolute Gasteiger partial charge is 0.481 e. The average molecular weight is 287 g/mol. The van der Waals surface area contributed by atoms with Crippen molar-refractivity contribution in [2.24, 2.45) is 11.8 Å². The second-order valence-corrected chi connectivity index (χ2v) is 6.20. The van der Waals surface area contributed by atoms with E-state index in [1.165, 1.54) is 11.1 Å². The zero-order valence-electron chi connectivity index (χ0n) is 12.3. The van der Waals surface area contributed by atoms with Crippen LogP contribution in [0.4, 0.5) is 0 Å². The highest BCUT2D eigenvalue weighted by molar-refractivity contribution is 5.81. The first-order chi connectivity index (χ1) is 10.1. The molecular weight excluding hydrogens is 266 g/mol. The summed E-state index contributed by atoms with van der Waals surface area (Å²) in [5.41, 5.74) is 2.55. The Balaban J connectivity index is 1.74. The van der Waals surface area contributed by atoms with Crippen molar-refractivity contribution >= 4 is 11.9 Å². The first kappa shape index (κ1) is 14.1. The first-order valence-electron chi connectivity index (χ1n) is 7.69. The average Bonchev–Trinajstić information content (AvgIpc) is 2.97. The van der Waals surface area contributed by atoms with Gasteiger partial charge >= 0.3 is 5.97 Å². The summed E-state index contributed by atoms with van der Waals surface area (Å²) in [5.74, 6) is -1.08. The Morgan fingerprint density at radius 2 is 1.90 bits per heavy atom. The molecule has 0 saturated heterocycles. The van der Waals surface area contributed by atoms with Crippen molar-refractivity contribution in [2.75, 3.05) is 6.54 Å². The minimum Gasteiger partial charge on any atom is -0.481 e. The molecule has 1 fully saturated rings. The predicted molar refractivity (Wildman–Crippen MR) is 78.7 cm³/mol. The van der Waals surface area contributed by atoms with E-state index in [0.29, 0.717) is 19.3 Å². The Bertz CT molecular complexity index is 569. The van der Waals surface area contributed by atoms with Crippen LogP contribution in [0.3, 0.4) is 0 Å². The second-order valence-electron chi connectivity index (χ2n) is 6.20. The van der Waals surface area contributed by atoms with Crippen molar-refractivity contribution < 1.29 is 14.7 Å². The molecule has 1 aromatic rings. The number of carbonyl (C=O) groups is 2. The molecule has 1 heterocycles. The van der Waals surface area contributed by atoms with Gasteiger partial charge in [-0.1, -0.05) is 24.3 Å². The van der Waals surface area contributed by atoms with Crippen LogP contribution >= 0.6 is 0 Å². The first-order valence-corrected chi connectivity index (χ1v) is 7.69. The molecule has 4 heteroatoms. The van der Waals surface area contributed by atoms with E-state index in [4.69, 9.17) is 5.11 Å². The van der Waals surface area contributed by atoms with E-state index in [1.54, 1.807) is 0 Å². The third kappa shape index (κ3) is 2.55. The van der Waals surface area contributed by atoms with Gasteiger partial charge in [0.1, 0.15) is 0 Å². The van der Waals surface area contributed by atoms with Crippen LogP contribution in [0, 0.1) is 11.8 Å². The molecule has 4 nitrogen and oxygen atoms in total. The van der Waals surface area contributed by atoms with Crippen molar-refractivity contribution in [3.05, 3.63) is 35.4 Å². The molecule has 1 unspecified atom stereocenters. The molecule has 112 valence electrons. The molecule has 1 aromatic carbocycles. The summed E-state index contributed by atoms with van der Waals surface area (Å²) in [6.07, 6.45) is 2.73. The predicted octanol–water partition coefficient (Wildman–Crippen LogP) is 2.63. The van der Waals surface area contributed by atoms with Gasteiger partial charge in [-0.2, -0.15) is 0 Å². The Kier molecular flexibility index (Phi) is 3.70. The maximum atomic E-state index is 12.7. The smallest absolute Gasteiger partial charge is 0.306 e. The number of aliphatic carboxylic acids is 1. The lowest BCUT2D eigenvalue weighted by molar-refractivity contribution is -0.142. The summed E-state index contributed by atoms with van der Waals surface area (Å²) in [6, 6.07) is 8.36. The summed E-state index contributed by atoms with van der Waals surface area (Å²) >= 11 is 0. The summed E-state index contributed by atoms with van der Waals surface area (Å²) in [5, 5.41) is 9.08. The Hall–Kier alpha value is -1.84. The molecule has 1 aliphatic heterocycles. The molecule has 3 atom stereocenters. The maximum absolute atomic E-state index is 12.7. The molecule has 2 aliphatic rings. The molecule has 3 rings (SSSR count). The topological polar surface area (TPSA) is 57.6 Å². The number of hydrogen-bond donors (Lipinski definition) is 1. The van der Waals surface area contributed by atoms with Gasteiger partial charge < -0.3 is 10.0 Å². The highest BCUT2D eigenvalue weighted by Gasteiger charge is 2.38. The highest BCUT2D eigenvalue weighted by Crippen LogP contribution is 2.36. The van der Waals surface area contributed by atoms with Crippen LogP contribution in [-0.4, -0.2) is 28.4 Å². The third-order valence-corrected chi connectivity index (χ3v) is 5.01. The molecule has 1 aliphatic carbocycles. The summed E-state index contributed by atoms with van der Waals surface area (Å²) in [7, 11) is 0. The molecular formula is C17H21NO3. The van der Waals surface area contributed by atoms with Crippen LogP contribution in [0.5, 0.6) is 0 Å². The zero-order chi connectivity index (χ0) is 15.0. The molecule has 0 radical (unpaired) electrons. The SMILES string of the molecule is CC1c2ccccc2CCN1C(=O)[C@@H]1CC[C@H](C(=O)O)C1. The lowest BCUT2D eigenvalue weighted by atomic mass is 9.92. The van der Waals surface area contributed by atoms with Crippen LogP contribution in [0.1, 0.15) is 43.4 Å². The van der Waals surface area contributed by atoms with Crippen molar-refractivity contribution in [3.63, 3.8) is 0 Å². The van der Waals surface area contributed by atoms with Crippen LogP contribution in [0.2, 0.25) is 0 Å². The minimum absolute atomic E-state index is 0.0892. The quantitative estimate of drug-likeness (QED) is 0.909. The Labute approximate surface area is 124 Å². The molecule has 0 aromatic heterocycles. The highest BCUT2D eigenvalue weighted by atomic mass is 16.4. The van der Waals surface area contributed by atoms with Gasteiger partial charge in [-0.25, -0.2) is 0 Å². The lowest BCUT2D eigenvalue weighted by Crippen LogP contribution is -2.41. The van der Waals surface area contributed by atoms with Crippen molar-refractivity contribution in [2.45, 2.75) is 38.6 Å². The number of carbonyl (C=O) groups excluding carboxylic acids is 1. The fraction of sp³-hybridized carbons (Fsp3) is 0.529. The van der Waals surface area contributed by atoms with Crippen LogP contribution in [0.15, 0.2) is 24.3 Å². The summed E-state index contributed by atoms with van der Waals surface area (Å²) in [4.78, 5) is 25.7. The lowest BCUT2D eigenvalue weighted by Gasteiger charge is -2.36. The standard InChI is InChI=1S/C17H21NO3/c1-11-15-5-3-2-4-12(15)8-9-18(11)16(19)13-6-7-14(10-13)17(20)21/h2-5,11,13-14H,6-10H2,1H3,(H,20,21)/t11?,13-,14+/m1/s1. The summed E-state index contributed by atoms with van der Waals surface area (Å²) < 4.78 is 0. The van der Waals surface area contributed by atoms with Gasteiger partial charge in [0.25, 0.3) is 0 Å². The summed E-state index contributed by atoms with van der Waals surface area (Å²) in [6.45, 7) is 2.81. The normalized spacial score (nSPS) is 28.2. The van der Waals surface area contributed by atoms with E-state index < -0.39 is 5.97 Å². The Morgan fingerprint density at radius 3 is 2.62 bits per heavy atom. The van der Waals surface area contributed by atoms with E-state index in [2.05, 4.69) is 19.1 Å². The van der Waals surface area contributed by atoms with Crippen LogP contribution < -0.4 is 0 Å². The second kappa shape index (κ2) is 5.51. The van der Waals surface area contributed by atoms with E-state index in [1.807, 2.05) is 17.0 Å². The van der Waals surface area contributed by atoms with Crippen molar-refractivity contribution in [1.29, 1.82) is 0 Å². The van der Waals surface area contributed by atoms with Crippen LogP contribution in [0.25, 0.3) is 0 Å². The molecule has 1 amide bonds. The van der Waals surface area contributed by atoms with Gasteiger partial charge in [0.15, 0.2) is 0 Å². The number of rotatable bonds is 2. The van der Waals surface area contributed by atoms with Gasteiger partial charge in [-0.3, -0.25) is 9.59 Å². The number of carboxylic acids is 1. The van der Waals surface area contributed by atoms with Gasteiger partial charge in [-0.15, -0.1) is 0 Å². The van der Waals surface area contributed by atoms with E-state index >= 15 is 0 Å². The zero-order valence-corrected chi connectivity index (χ0v) is 12.3. The molecule has 1 N–H and O–H groups in total. The van der Waals surface area contributed by atoms with Crippen molar-refractivity contribution in [3.8, 4) is 0 Å². The van der Waals surface area contributed by atoms with Gasteiger partial charge in [0.05, 0.1) is 12.0 Å². The molecule has 0 spiro atoms. The maximum Gasteiger partial charge on any atom is 0.306 e. The fourth-order valence-electron chi connectivity index (χ4n) is 3.74. The number of amides is 1. The fourth-order valence-corrected chi connectivity index (χ4v) is 3.74. The van der Waals surface area contributed by atoms with E-state index in [9.17, 15) is 9.59 Å². The van der Waals surface area contributed by atoms with Gasteiger partial charge in [-0.05, 0) is 43.7 Å². The van der Waals surface area contributed by atoms with E-state index in [0.717, 1.165) is 13.0 Å². The monoisotopic (exact) mass is 287 g/mol. The number of carboxylic acid groups (broad SMARTS) is 1. The number of hydrogen-bond acceptors (Lipinski definition) is 2. The van der Waals surface area contributed by atoms with Crippen molar-refractivity contribution in [1.82, 2.24) is 4.90 Å². The molecule has 0 bridgehead atoms. The molecule has 21 heavy (non-hydrogen) atoms. The molecule has 1 saturated carbocycles. The minimum atomic E-state index is -0.762. The number of benzene rings is 1.